The average molecular weight is 396 g/mol. The highest BCUT2D eigenvalue weighted by Gasteiger charge is 2.39. The third-order valence-corrected chi connectivity index (χ3v) is 5.27. The van der Waals surface area contributed by atoms with E-state index in [9.17, 15) is 14.3 Å². The molecule has 28 heavy (non-hydrogen) atoms. The van der Waals surface area contributed by atoms with E-state index in [1.165, 1.54) is 19.2 Å². The zero-order valence-electron chi connectivity index (χ0n) is 16.3. The third kappa shape index (κ3) is 5.64. The highest BCUT2D eigenvalue weighted by Crippen LogP contribution is 2.23. The molecule has 0 aliphatic carbocycles. The van der Waals surface area contributed by atoms with Crippen molar-refractivity contribution >= 4 is 5.91 Å². The number of amides is 1. The minimum atomic E-state index is -1.27. The summed E-state index contributed by atoms with van der Waals surface area (Å²) in [6.07, 6.45) is 1.79. The van der Waals surface area contributed by atoms with E-state index in [4.69, 9.17) is 14.2 Å². The second kappa shape index (κ2) is 9.65. The molecular weight excluding hydrogens is 367 g/mol. The minimum absolute atomic E-state index is 0.0297. The van der Waals surface area contributed by atoms with Gasteiger partial charge in [0.2, 0.25) is 5.91 Å². The first kappa shape index (κ1) is 21.0. The summed E-state index contributed by atoms with van der Waals surface area (Å²) in [4.78, 5) is 16.2. The number of aliphatic hydroxyl groups is 1. The van der Waals surface area contributed by atoms with Crippen molar-refractivity contribution < 1.29 is 28.5 Å². The van der Waals surface area contributed by atoms with Crippen LogP contribution in [-0.2, 0) is 14.3 Å². The number of hydrogen-bond acceptors (Lipinski definition) is 6. The summed E-state index contributed by atoms with van der Waals surface area (Å²) in [7, 11) is 1.48. The van der Waals surface area contributed by atoms with Crippen LogP contribution in [0.2, 0.25) is 0 Å². The molecule has 0 saturated carbocycles. The van der Waals surface area contributed by atoms with Gasteiger partial charge >= 0.3 is 0 Å². The van der Waals surface area contributed by atoms with Crippen molar-refractivity contribution in [3.8, 4) is 5.75 Å². The van der Waals surface area contributed by atoms with E-state index < -0.39 is 11.4 Å². The number of halogens is 1. The van der Waals surface area contributed by atoms with Crippen molar-refractivity contribution in [2.24, 2.45) is 0 Å². The first-order chi connectivity index (χ1) is 13.5. The summed E-state index contributed by atoms with van der Waals surface area (Å²) < 4.78 is 29.5. The summed E-state index contributed by atoms with van der Waals surface area (Å²) in [5, 5.41) is 11.3. The monoisotopic (exact) mass is 396 g/mol. The van der Waals surface area contributed by atoms with Crippen molar-refractivity contribution in [2.75, 3.05) is 59.7 Å². The second-order valence-electron chi connectivity index (χ2n) is 7.53. The zero-order chi connectivity index (χ0) is 20.0. The summed E-state index contributed by atoms with van der Waals surface area (Å²) in [5.41, 5.74) is -1.27. The van der Waals surface area contributed by atoms with Gasteiger partial charge in [-0.2, -0.15) is 0 Å². The van der Waals surface area contributed by atoms with E-state index >= 15 is 0 Å². The number of benzene rings is 1. The first-order valence-electron chi connectivity index (χ1n) is 9.68. The quantitative estimate of drug-likeness (QED) is 0.771. The Labute approximate surface area is 165 Å². The van der Waals surface area contributed by atoms with Crippen LogP contribution in [0.4, 0.5) is 4.39 Å². The molecule has 3 rings (SSSR count). The Morgan fingerprint density at radius 1 is 1.32 bits per heavy atom. The predicted molar refractivity (Wildman–Crippen MR) is 101 cm³/mol. The van der Waals surface area contributed by atoms with E-state index in [2.05, 4.69) is 4.90 Å². The van der Waals surface area contributed by atoms with Crippen LogP contribution >= 0.6 is 0 Å². The van der Waals surface area contributed by atoms with Crippen molar-refractivity contribution in [1.82, 2.24) is 9.80 Å². The summed E-state index contributed by atoms with van der Waals surface area (Å²) in [6, 6.07) is 6.12. The Hall–Kier alpha value is -1.74. The minimum Gasteiger partial charge on any atom is -0.490 e. The number of rotatable bonds is 6. The molecule has 8 heteroatoms. The molecular formula is C20H29FN2O5. The van der Waals surface area contributed by atoms with Gasteiger partial charge in [-0.25, -0.2) is 4.39 Å². The second-order valence-corrected chi connectivity index (χ2v) is 7.53. The summed E-state index contributed by atoms with van der Waals surface area (Å²) in [5.74, 6) is -0.211. The molecule has 2 fully saturated rings. The van der Waals surface area contributed by atoms with Crippen LogP contribution in [0.1, 0.15) is 12.8 Å². The van der Waals surface area contributed by atoms with E-state index in [0.717, 1.165) is 12.8 Å². The highest BCUT2D eigenvalue weighted by atomic mass is 19.1. The molecule has 2 aliphatic rings. The Morgan fingerprint density at radius 2 is 2.11 bits per heavy atom. The molecule has 0 bridgehead atoms. The fourth-order valence-electron chi connectivity index (χ4n) is 3.85. The third-order valence-electron chi connectivity index (χ3n) is 5.27. The topological polar surface area (TPSA) is 71.5 Å². The van der Waals surface area contributed by atoms with Gasteiger partial charge < -0.3 is 24.2 Å². The Kier molecular flexibility index (Phi) is 7.23. The van der Waals surface area contributed by atoms with Gasteiger partial charge in [0.15, 0.2) is 0 Å². The molecule has 1 aromatic rings. The number of carbonyl (C=O) groups excluding carboxylic acids is 1. The van der Waals surface area contributed by atoms with Gasteiger partial charge in [0.25, 0.3) is 0 Å². The zero-order valence-corrected chi connectivity index (χ0v) is 16.3. The van der Waals surface area contributed by atoms with Gasteiger partial charge in [-0.05, 0) is 25.0 Å². The van der Waals surface area contributed by atoms with Gasteiger partial charge in [0.1, 0.15) is 30.4 Å². The molecule has 0 radical (unpaired) electrons. The van der Waals surface area contributed by atoms with Crippen LogP contribution in [0.3, 0.4) is 0 Å². The van der Waals surface area contributed by atoms with Crippen molar-refractivity contribution in [1.29, 1.82) is 0 Å². The smallest absolute Gasteiger partial charge is 0.248 e. The largest absolute Gasteiger partial charge is 0.490 e. The van der Waals surface area contributed by atoms with Gasteiger partial charge in [0.05, 0.1) is 6.54 Å². The number of hydrogen-bond donors (Lipinski definition) is 1. The molecule has 2 saturated heterocycles. The van der Waals surface area contributed by atoms with Gasteiger partial charge in [-0.1, -0.05) is 6.07 Å². The van der Waals surface area contributed by atoms with Gasteiger partial charge in [0, 0.05) is 52.1 Å². The van der Waals surface area contributed by atoms with Crippen LogP contribution < -0.4 is 4.74 Å². The van der Waals surface area contributed by atoms with E-state index in [1.54, 1.807) is 17.0 Å². The van der Waals surface area contributed by atoms with Gasteiger partial charge in [-0.15, -0.1) is 0 Å². The SMILES string of the molecule is COCC(=O)N1CCN(C2CCOCC2)CC(O)(COc2cccc(F)c2)C1. The maximum Gasteiger partial charge on any atom is 0.248 e. The predicted octanol–water partition coefficient (Wildman–Crippen LogP) is 0.905. The van der Waals surface area contributed by atoms with E-state index in [-0.39, 0.29) is 25.7 Å². The molecule has 1 amide bonds. The highest BCUT2D eigenvalue weighted by molar-refractivity contribution is 5.77. The number of β-amino-alcohol motifs (C(OH)–C–C–N with tert-alkyl or cyclic N) is 1. The molecule has 0 spiro atoms. The van der Waals surface area contributed by atoms with Crippen LogP contribution in [0.15, 0.2) is 24.3 Å². The lowest BCUT2D eigenvalue weighted by Crippen LogP contribution is -2.54. The van der Waals surface area contributed by atoms with E-state index in [1.807, 2.05) is 0 Å². The molecule has 1 aromatic carbocycles. The van der Waals surface area contributed by atoms with Crippen LogP contribution in [0, 0.1) is 5.82 Å². The van der Waals surface area contributed by atoms with Crippen LogP contribution in [0.25, 0.3) is 0 Å². The number of ether oxygens (including phenoxy) is 3. The lowest BCUT2D eigenvalue weighted by Gasteiger charge is -2.37. The Bertz CT molecular complexity index is 655. The van der Waals surface area contributed by atoms with Crippen molar-refractivity contribution in [3.05, 3.63) is 30.1 Å². The molecule has 1 atom stereocenters. The lowest BCUT2D eigenvalue weighted by molar-refractivity contribution is -0.138. The summed E-state index contributed by atoms with van der Waals surface area (Å²) >= 11 is 0. The maximum atomic E-state index is 13.4. The Morgan fingerprint density at radius 3 is 2.82 bits per heavy atom. The number of carbonyl (C=O) groups is 1. The lowest BCUT2D eigenvalue weighted by atomic mass is 10.0. The standard InChI is InChI=1S/C20H29FN2O5/c1-26-12-19(24)23-8-7-22(17-5-9-27-10-6-17)13-20(25,14-23)15-28-18-4-2-3-16(21)11-18/h2-4,11,17,25H,5-10,12-15H2,1H3. The average Bonchev–Trinajstić information content (AvgIpc) is 2.87. The molecule has 7 nitrogen and oxygen atoms in total. The summed E-state index contributed by atoms with van der Waals surface area (Å²) in [6.45, 7) is 3.04. The molecule has 1 unspecified atom stereocenters. The van der Waals surface area contributed by atoms with E-state index in [0.29, 0.717) is 44.6 Å². The molecule has 2 aliphatic heterocycles. The van der Waals surface area contributed by atoms with Crippen LogP contribution in [-0.4, -0.2) is 92.2 Å². The first-order valence-corrected chi connectivity index (χ1v) is 9.68. The molecule has 156 valence electrons. The molecule has 1 N–H and O–H groups in total. The van der Waals surface area contributed by atoms with Gasteiger partial charge in [-0.3, -0.25) is 9.69 Å². The fourth-order valence-corrected chi connectivity index (χ4v) is 3.85. The van der Waals surface area contributed by atoms with Crippen molar-refractivity contribution in [3.63, 3.8) is 0 Å². The fraction of sp³-hybridized carbons (Fsp3) is 0.650. The van der Waals surface area contributed by atoms with Crippen LogP contribution in [0.5, 0.6) is 5.75 Å². The molecule has 0 aromatic heterocycles. The Balaban J connectivity index is 1.73. The number of methoxy groups -OCH3 is 1. The normalized spacial score (nSPS) is 24.8. The van der Waals surface area contributed by atoms with Crippen molar-refractivity contribution in [2.45, 2.75) is 24.5 Å². The number of nitrogens with zero attached hydrogens (tertiary/aromatic N) is 2. The maximum absolute atomic E-state index is 13.4. The molecule has 2 heterocycles.